The van der Waals surface area contributed by atoms with Crippen molar-refractivity contribution in [2.45, 2.75) is 13.3 Å². The summed E-state index contributed by atoms with van der Waals surface area (Å²) in [4.78, 5) is 29.0. The van der Waals surface area contributed by atoms with Gasteiger partial charge in [0.1, 0.15) is 0 Å². The predicted molar refractivity (Wildman–Crippen MR) is 111 cm³/mol. The minimum absolute atomic E-state index is 0.341. The van der Waals surface area contributed by atoms with Gasteiger partial charge in [-0.15, -0.1) is 0 Å². The molecule has 0 aliphatic rings. The maximum Gasteiger partial charge on any atom is 0.333 e. The summed E-state index contributed by atoms with van der Waals surface area (Å²) in [5.74, 6) is -0.475. The van der Waals surface area contributed by atoms with Gasteiger partial charge in [0.05, 0.1) is 16.8 Å². The molecule has 28 heavy (non-hydrogen) atoms. The van der Waals surface area contributed by atoms with Crippen molar-refractivity contribution >= 4 is 46.0 Å². The van der Waals surface area contributed by atoms with Crippen LogP contribution in [-0.2, 0) is 0 Å². The van der Waals surface area contributed by atoms with E-state index in [1.165, 1.54) is 0 Å². The molecule has 0 atom stereocenters. The van der Waals surface area contributed by atoms with E-state index in [1.54, 1.807) is 36.4 Å². The number of hydrazine groups is 1. The lowest BCUT2D eigenvalue weighted by molar-refractivity contribution is 0.0938. The molecule has 0 saturated heterocycles. The Morgan fingerprint density at radius 3 is 2.39 bits per heavy atom. The van der Waals surface area contributed by atoms with E-state index in [1.807, 2.05) is 19.1 Å². The number of hydrogen-bond acceptors (Lipinski definition) is 3. The van der Waals surface area contributed by atoms with E-state index in [-0.39, 0.29) is 0 Å². The van der Waals surface area contributed by atoms with E-state index < -0.39 is 11.9 Å². The van der Waals surface area contributed by atoms with E-state index in [9.17, 15) is 9.59 Å². The molecule has 0 unspecified atom stereocenters. The van der Waals surface area contributed by atoms with Crippen molar-refractivity contribution in [3.05, 3.63) is 64.1 Å². The molecule has 1 heterocycles. The number of amides is 3. The zero-order chi connectivity index (χ0) is 20.1. The smallest absolute Gasteiger partial charge is 0.333 e. The number of fused-ring (bicyclic) bond motifs is 1. The fraction of sp³-hybridized carbons (Fsp3) is 0.150. The van der Waals surface area contributed by atoms with Crippen LogP contribution in [-0.4, -0.2) is 23.5 Å². The molecule has 0 saturated carbocycles. The predicted octanol–water partition coefficient (Wildman–Crippen LogP) is 4.56. The summed E-state index contributed by atoms with van der Waals surface area (Å²) in [6, 6.07) is 13.5. The van der Waals surface area contributed by atoms with Crippen molar-refractivity contribution in [2.24, 2.45) is 0 Å². The highest BCUT2D eigenvalue weighted by molar-refractivity contribution is 6.31. The third kappa shape index (κ3) is 4.71. The fourth-order valence-electron chi connectivity index (χ4n) is 2.62. The highest BCUT2D eigenvalue weighted by atomic mass is 35.5. The lowest BCUT2D eigenvalue weighted by atomic mass is 10.0. The zero-order valence-corrected chi connectivity index (χ0v) is 16.6. The Labute approximate surface area is 172 Å². The quantitative estimate of drug-likeness (QED) is 0.544. The highest BCUT2D eigenvalue weighted by Gasteiger charge is 2.15. The second kappa shape index (κ2) is 8.91. The molecule has 6 nitrogen and oxygen atoms in total. The summed E-state index contributed by atoms with van der Waals surface area (Å²) >= 11 is 12.1. The minimum Gasteiger partial charge on any atom is -0.337 e. The molecule has 3 aromatic rings. The number of rotatable bonds is 4. The monoisotopic (exact) mass is 416 g/mol. The first-order valence-electron chi connectivity index (χ1n) is 8.68. The molecule has 8 heteroatoms. The molecule has 2 aromatic carbocycles. The molecule has 3 amide bonds. The van der Waals surface area contributed by atoms with Crippen molar-refractivity contribution in [1.82, 2.24) is 21.2 Å². The summed E-state index contributed by atoms with van der Waals surface area (Å²) < 4.78 is 0. The van der Waals surface area contributed by atoms with Crippen LogP contribution in [0.4, 0.5) is 4.79 Å². The first-order valence-corrected chi connectivity index (χ1v) is 9.44. The molecule has 0 aliphatic carbocycles. The van der Waals surface area contributed by atoms with Crippen LogP contribution in [0.1, 0.15) is 23.7 Å². The number of pyridine rings is 1. The fourth-order valence-corrected chi connectivity index (χ4v) is 2.92. The number of nitrogens with one attached hydrogen (secondary N) is 3. The molecule has 144 valence electrons. The van der Waals surface area contributed by atoms with Crippen LogP contribution in [0.5, 0.6) is 0 Å². The Morgan fingerprint density at radius 2 is 1.68 bits per heavy atom. The lowest BCUT2D eigenvalue weighted by Gasteiger charge is -2.12. The SMILES string of the molecule is CCCNC(=O)NNC(=O)c1cc(-c2ccc(Cl)cc2)nc2ccc(Cl)cc12. The Balaban J connectivity index is 1.96. The van der Waals surface area contributed by atoms with Gasteiger partial charge in [-0.3, -0.25) is 10.2 Å². The maximum absolute atomic E-state index is 12.7. The number of nitrogens with zero attached hydrogens (tertiary/aromatic N) is 1. The van der Waals surface area contributed by atoms with E-state index in [0.717, 1.165) is 12.0 Å². The Morgan fingerprint density at radius 1 is 0.964 bits per heavy atom. The van der Waals surface area contributed by atoms with Crippen LogP contribution >= 0.6 is 23.2 Å². The largest absolute Gasteiger partial charge is 0.337 e. The van der Waals surface area contributed by atoms with Gasteiger partial charge in [-0.25, -0.2) is 15.2 Å². The van der Waals surface area contributed by atoms with Gasteiger partial charge >= 0.3 is 6.03 Å². The Bertz CT molecular complexity index is 1020. The normalized spacial score (nSPS) is 10.5. The highest BCUT2D eigenvalue weighted by Crippen LogP contribution is 2.27. The summed E-state index contributed by atoms with van der Waals surface area (Å²) in [5, 5.41) is 4.29. The van der Waals surface area contributed by atoms with Crippen molar-refractivity contribution < 1.29 is 9.59 Å². The molecule has 3 N–H and O–H groups in total. The topological polar surface area (TPSA) is 83.1 Å². The Kier molecular flexibility index (Phi) is 6.34. The van der Waals surface area contributed by atoms with Crippen molar-refractivity contribution in [3.8, 4) is 11.3 Å². The lowest BCUT2D eigenvalue weighted by Crippen LogP contribution is -2.47. The van der Waals surface area contributed by atoms with Crippen LogP contribution in [0.2, 0.25) is 10.0 Å². The van der Waals surface area contributed by atoms with Gasteiger partial charge < -0.3 is 5.32 Å². The summed E-state index contributed by atoms with van der Waals surface area (Å²) in [6.45, 7) is 2.44. The van der Waals surface area contributed by atoms with Gasteiger partial charge in [-0.05, 0) is 42.8 Å². The van der Waals surface area contributed by atoms with E-state index >= 15 is 0 Å². The number of carbonyl (C=O) groups excluding carboxylic acids is 2. The zero-order valence-electron chi connectivity index (χ0n) is 15.1. The van der Waals surface area contributed by atoms with Crippen LogP contribution in [0.15, 0.2) is 48.5 Å². The second-order valence-electron chi connectivity index (χ2n) is 6.06. The van der Waals surface area contributed by atoms with Gasteiger partial charge in [0.25, 0.3) is 5.91 Å². The maximum atomic E-state index is 12.7. The molecule has 0 aliphatic heterocycles. The summed E-state index contributed by atoms with van der Waals surface area (Å²) in [5.41, 5.74) is 7.12. The van der Waals surface area contributed by atoms with Gasteiger partial charge in [0.15, 0.2) is 0 Å². The van der Waals surface area contributed by atoms with Crippen molar-refractivity contribution in [1.29, 1.82) is 0 Å². The van der Waals surface area contributed by atoms with Gasteiger partial charge in [-0.1, -0.05) is 42.3 Å². The standard InChI is InChI=1S/C20H18Cl2N4O2/c1-2-9-23-20(28)26-25-19(27)16-11-18(12-3-5-13(21)6-4-12)24-17-8-7-14(22)10-15(16)17/h3-8,10-11H,2,9H2,1H3,(H,25,27)(H2,23,26,28). The first-order chi connectivity index (χ1) is 13.5. The van der Waals surface area contributed by atoms with Gasteiger partial charge in [0.2, 0.25) is 0 Å². The van der Waals surface area contributed by atoms with E-state index in [4.69, 9.17) is 23.2 Å². The second-order valence-corrected chi connectivity index (χ2v) is 6.93. The molecule has 1 aromatic heterocycles. The average Bonchev–Trinajstić information content (AvgIpc) is 2.70. The molecule has 0 spiro atoms. The minimum atomic E-state index is -0.482. The number of benzene rings is 2. The first kappa shape index (κ1) is 19.9. The average molecular weight is 417 g/mol. The third-order valence-electron chi connectivity index (χ3n) is 3.98. The van der Waals surface area contributed by atoms with E-state index in [2.05, 4.69) is 21.2 Å². The number of aromatic nitrogens is 1. The molecular weight excluding hydrogens is 399 g/mol. The summed E-state index contributed by atoms with van der Waals surface area (Å²) in [6.07, 6.45) is 0.791. The number of carbonyl (C=O) groups is 2. The van der Waals surface area contributed by atoms with Gasteiger partial charge in [-0.2, -0.15) is 0 Å². The number of hydrogen-bond donors (Lipinski definition) is 3. The Hall–Kier alpha value is -2.83. The molecule has 0 fully saturated rings. The number of halogens is 2. The van der Waals surface area contributed by atoms with Crippen LogP contribution in [0.25, 0.3) is 22.2 Å². The van der Waals surface area contributed by atoms with Crippen LogP contribution in [0, 0.1) is 0 Å². The number of urea groups is 1. The van der Waals surface area contributed by atoms with Crippen LogP contribution in [0.3, 0.4) is 0 Å². The summed E-state index contributed by atoms with van der Waals surface area (Å²) in [7, 11) is 0. The van der Waals surface area contributed by atoms with E-state index in [0.29, 0.717) is 38.8 Å². The van der Waals surface area contributed by atoms with Crippen molar-refractivity contribution in [2.75, 3.05) is 6.54 Å². The molecule has 0 bridgehead atoms. The van der Waals surface area contributed by atoms with Crippen LogP contribution < -0.4 is 16.2 Å². The molecular formula is C20H18Cl2N4O2. The molecule has 0 radical (unpaired) electrons. The third-order valence-corrected chi connectivity index (χ3v) is 4.47. The van der Waals surface area contributed by atoms with Crippen molar-refractivity contribution in [3.63, 3.8) is 0 Å². The molecule has 3 rings (SSSR count). The van der Waals surface area contributed by atoms with Gasteiger partial charge in [0, 0.05) is 27.5 Å².